The number of ether oxygens (including phenoxy) is 3. The highest BCUT2D eigenvalue weighted by Gasteiger charge is 2.19. The minimum Gasteiger partial charge on any atom is -0.503 e. The Bertz CT molecular complexity index is 1070. The van der Waals surface area contributed by atoms with Crippen molar-refractivity contribution >= 4 is 11.5 Å². The molecule has 0 saturated heterocycles. The highest BCUT2D eigenvalue weighted by atomic mass is 16.5. The van der Waals surface area contributed by atoms with Crippen LogP contribution in [-0.4, -0.2) is 30.0 Å². The van der Waals surface area contributed by atoms with E-state index in [0.717, 1.165) is 22.4 Å². The van der Waals surface area contributed by atoms with Gasteiger partial charge in [0.05, 0.1) is 26.2 Å². The van der Waals surface area contributed by atoms with Crippen molar-refractivity contribution in [3.8, 4) is 17.1 Å². The summed E-state index contributed by atoms with van der Waals surface area (Å²) >= 11 is 0. The zero-order valence-electron chi connectivity index (χ0n) is 17.9. The van der Waals surface area contributed by atoms with Gasteiger partial charge in [-0.25, -0.2) is 9.48 Å². The van der Waals surface area contributed by atoms with E-state index in [4.69, 9.17) is 14.2 Å². The van der Waals surface area contributed by atoms with E-state index in [1.165, 1.54) is 26.0 Å². The Kier molecular flexibility index (Phi) is 6.57. The molecule has 0 radical (unpaired) electrons. The lowest BCUT2D eigenvalue weighted by atomic mass is 10.0. The molecule has 3 rings (SSSR count). The average molecular weight is 406 g/mol. The van der Waals surface area contributed by atoms with Crippen molar-refractivity contribution in [3.05, 3.63) is 77.0 Å². The summed E-state index contributed by atoms with van der Waals surface area (Å²) in [5.74, 6) is 0.207. The third-order valence-electron chi connectivity index (χ3n) is 4.86. The third kappa shape index (κ3) is 4.38. The first kappa shape index (κ1) is 21.2. The highest BCUT2D eigenvalue weighted by Crippen LogP contribution is 2.30. The summed E-state index contributed by atoms with van der Waals surface area (Å²) in [6, 6.07) is 15.8. The van der Waals surface area contributed by atoms with E-state index in [1.807, 2.05) is 38.2 Å². The Balaban J connectivity index is 1.89. The molecule has 0 aliphatic rings. The standard InChI is InChI=1S/C24H26N2O4/c1-16-10-12-18(13-11-16)22-17(2)23(26(3)25-22)30-14-19-8-6-7-9-20(19)21(15-28-4)24(27)29-5/h6-13,15H,14H2,1-5H3/b21-15+. The van der Waals surface area contributed by atoms with Crippen LogP contribution in [0.5, 0.6) is 5.88 Å². The van der Waals surface area contributed by atoms with E-state index in [1.54, 1.807) is 4.68 Å². The Labute approximate surface area is 176 Å². The van der Waals surface area contributed by atoms with Gasteiger partial charge in [0, 0.05) is 18.2 Å². The highest BCUT2D eigenvalue weighted by molar-refractivity contribution is 6.16. The molecule has 0 bridgehead atoms. The van der Waals surface area contributed by atoms with E-state index < -0.39 is 5.97 Å². The number of aryl methyl sites for hydroxylation is 2. The first-order valence-electron chi connectivity index (χ1n) is 9.59. The number of methoxy groups -OCH3 is 2. The molecule has 2 aromatic carbocycles. The second kappa shape index (κ2) is 9.31. The molecule has 1 heterocycles. The summed E-state index contributed by atoms with van der Waals surface area (Å²) in [7, 11) is 4.70. The fraction of sp³-hybridized carbons (Fsp3) is 0.250. The molecule has 0 atom stereocenters. The van der Waals surface area contributed by atoms with Gasteiger partial charge in [0.2, 0.25) is 5.88 Å². The minimum absolute atomic E-state index is 0.266. The van der Waals surface area contributed by atoms with E-state index in [9.17, 15) is 4.79 Å². The number of hydrogen-bond acceptors (Lipinski definition) is 5. The predicted octanol–water partition coefficient (Wildman–Crippen LogP) is 4.44. The fourth-order valence-electron chi connectivity index (χ4n) is 3.31. The number of hydrogen-bond donors (Lipinski definition) is 0. The van der Waals surface area contributed by atoms with Crippen LogP contribution < -0.4 is 4.74 Å². The normalized spacial score (nSPS) is 11.3. The van der Waals surface area contributed by atoms with Crippen molar-refractivity contribution in [1.29, 1.82) is 0 Å². The average Bonchev–Trinajstić information content (AvgIpc) is 3.04. The third-order valence-corrected chi connectivity index (χ3v) is 4.86. The number of benzene rings is 2. The molecule has 6 heteroatoms. The van der Waals surface area contributed by atoms with Crippen LogP contribution in [0.3, 0.4) is 0 Å². The van der Waals surface area contributed by atoms with Crippen LogP contribution in [0, 0.1) is 13.8 Å². The van der Waals surface area contributed by atoms with Gasteiger partial charge in [-0.2, -0.15) is 5.10 Å². The van der Waals surface area contributed by atoms with Crippen molar-refractivity contribution in [3.63, 3.8) is 0 Å². The lowest BCUT2D eigenvalue weighted by Gasteiger charge is -2.13. The molecule has 0 spiro atoms. The molecular weight excluding hydrogens is 380 g/mol. The molecule has 0 N–H and O–H groups in total. The number of esters is 1. The Morgan fingerprint density at radius 3 is 2.43 bits per heavy atom. The minimum atomic E-state index is -0.470. The molecule has 0 aliphatic carbocycles. The van der Waals surface area contributed by atoms with Crippen LogP contribution >= 0.6 is 0 Å². The molecule has 0 amide bonds. The predicted molar refractivity (Wildman–Crippen MR) is 116 cm³/mol. The summed E-state index contributed by atoms with van der Waals surface area (Å²) in [4.78, 5) is 12.2. The molecule has 1 aromatic heterocycles. The van der Waals surface area contributed by atoms with Gasteiger partial charge in [-0.1, -0.05) is 54.1 Å². The number of aromatic nitrogens is 2. The van der Waals surface area contributed by atoms with Crippen LogP contribution in [0.15, 0.2) is 54.8 Å². The zero-order valence-corrected chi connectivity index (χ0v) is 17.9. The number of carbonyl (C=O) groups excluding carboxylic acids is 1. The quantitative estimate of drug-likeness (QED) is 0.330. The van der Waals surface area contributed by atoms with Gasteiger partial charge in [-0.3, -0.25) is 0 Å². The van der Waals surface area contributed by atoms with Crippen LogP contribution in [0.4, 0.5) is 0 Å². The molecule has 0 saturated carbocycles. The van der Waals surface area contributed by atoms with E-state index in [-0.39, 0.29) is 6.61 Å². The summed E-state index contributed by atoms with van der Waals surface area (Å²) < 4.78 is 17.9. The maximum absolute atomic E-state index is 12.2. The Morgan fingerprint density at radius 2 is 1.77 bits per heavy atom. The van der Waals surface area contributed by atoms with Gasteiger partial charge in [-0.05, 0) is 25.0 Å². The largest absolute Gasteiger partial charge is 0.503 e. The summed E-state index contributed by atoms with van der Waals surface area (Å²) in [5, 5.41) is 4.64. The zero-order chi connectivity index (χ0) is 21.7. The van der Waals surface area contributed by atoms with Gasteiger partial charge < -0.3 is 14.2 Å². The first-order valence-corrected chi connectivity index (χ1v) is 9.59. The van der Waals surface area contributed by atoms with Crippen molar-refractivity contribution in [2.75, 3.05) is 14.2 Å². The smallest absolute Gasteiger partial charge is 0.341 e. The van der Waals surface area contributed by atoms with Crippen molar-refractivity contribution < 1.29 is 19.0 Å². The van der Waals surface area contributed by atoms with Crippen LogP contribution in [0.25, 0.3) is 16.8 Å². The number of nitrogens with zero attached hydrogens (tertiary/aromatic N) is 2. The Hall–Kier alpha value is -3.54. The summed E-state index contributed by atoms with van der Waals surface area (Å²) in [6.45, 7) is 4.32. The van der Waals surface area contributed by atoms with E-state index in [0.29, 0.717) is 17.0 Å². The molecule has 156 valence electrons. The maximum Gasteiger partial charge on any atom is 0.341 e. The SMILES string of the molecule is CO/C=C(/C(=O)OC)c1ccccc1COc1c(C)c(-c2ccc(C)cc2)nn1C. The van der Waals surface area contributed by atoms with Crippen molar-refractivity contribution in [2.45, 2.75) is 20.5 Å². The van der Waals surface area contributed by atoms with Gasteiger partial charge in [0.1, 0.15) is 12.2 Å². The molecule has 3 aromatic rings. The van der Waals surface area contributed by atoms with E-state index in [2.05, 4.69) is 36.3 Å². The van der Waals surface area contributed by atoms with Gasteiger partial charge in [0.25, 0.3) is 0 Å². The van der Waals surface area contributed by atoms with Crippen LogP contribution in [-0.2, 0) is 27.9 Å². The molecule has 30 heavy (non-hydrogen) atoms. The fourth-order valence-corrected chi connectivity index (χ4v) is 3.31. The van der Waals surface area contributed by atoms with Gasteiger partial charge in [0.15, 0.2) is 0 Å². The van der Waals surface area contributed by atoms with Gasteiger partial charge in [-0.15, -0.1) is 0 Å². The number of rotatable bonds is 7. The first-order chi connectivity index (χ1) is 14.5. The molecule has 0 fully saturated rings. The van der Waals surface area contributed by atoms with Crippen molar-refractivity contribution in [1.82, 2.24) is 9.78 Å². The molecular formula is C24H26N2O4. The van der Waals surface area contributed by atoms with Crippen molar-refractivity contribution in [2.24, 2.45) is 7.05 Å². The molecule has 0 aliphatic heterocycles. The Morgan fingerprint density at radius 1 is 1.07 bits per heavy atom. The topological polar surface area (TPSA) is 62.6 Å². The molecule has 6 nitrogen and oxygen atoms in total. The van der Waals surface area contributed by atoms with Gasteiger partial charge >= 0.3 is 5.97 Å². The lowest BCUT2D eigenvalue weighted by Crippen LogP contribution is -2.09. The van der Waals surface area contributed by atoms with Crippen LogP contribution in [0.2, 0.25) is 0 Å². The van der Waals surface area contributed by atoms with Crippen LogP contribution in [0.1, 0.15) is 22.3 Å². The monoisotopic (exact) mass is 406 g/mol. The number of carbonyl (C=O) groups is 1. The maximum atomic E-state index is 12.2. The summed E-state index contributed by atoms with van der Waals surface area (Å²) in [6.07, 6.45) is 1.38. The second-order valence-corrected chi connectivity index (χ2v) is 6.97. The lowest BCUT2D eigenvalue weighted by molar-refractivity contribution is -0.133. The summed E-state index contributed by atoms with van der Waals surface area (Å²) in [5.41, 5.74) is 5.95. The molecule has 0 unspecified atom stereocenters. The van der Waals surface area contributed by atoms with E-state index >= 15 is 0 Å². The second-order valence-electron chi connectivity index (χ2n) is 6.97.